The minimum Gasteiger partial charge on any atom is -0.464 e. The molecule has 100 valence electrons. The molecule has 0 aromatic rings. The van der Waals surface area contributed by atoms with Gasteiger partial charge in [-0.3, -0.25) is 9.69 Å². The fourth-order valence-electron chi connectivity index (χ4n) is 1.34. The van der Waals surface area contributed by atoms with Crippen LogP contribution in [0.5, 0.6) is 0 Å². The molecule has 3 heteroatoms. The Morgan fingerprint density at radius 1 is 1.29 bits per heavy atom. The highest BCUT2D eigenvalue weighted by molar-refractivity contribution is 5.69. The second kappa shape index (κ2) is 10.3. The van der Waals surface area contributed by atoms with Crippen molar-refractivity contribution in [1.29, 1.82) is 0 Å². The van der Waals surface area contributed by atoms with Crippen molar-refractivity contribution >= 4 is 5.97 Å². The molecule has 0 amide bonds. The molecule has 0 aromatic carbocycles. The van der Waals surface area contributed by atoms with Crippen LogP contribution in [0, 0.1) is 0 Å². The summed E-state index contributed by atoms with van der Waals surface area (Å²) in [6, 6.07) is 0. The van der Waals surface area contributed by atoms with Crippen molar-refractivity contribution in [3.05, 3.63) is 11.6 Å². The second-order valence-corrected chi connectivity index (χ2v) is 4.72. The molecule has 0 unspecified atom stereocenters. The van der Waals surface area contributed by atoms with Crippen molar-refractivity contribution < 1.29 is 9.53 Å². The molecule has 3 nitrogen and oxygen atoms in total. The second-order valence-electron chi connectivity index (χ2n) is 4.72. The minimum absolute atomic E-state index is 0.0611. The summed E-state index contributed by atoms with van der Waals surface area (Å²) in [6.07, 6.45) is 5.92. The van der Waals surface area contributed by atoms with Crippen LogP contribution in [0.15, 0.2) is 11.6 Å². The number of nitrogens with zero attached hydrogens (tertiary/aromatic N) is 1. The highest BCUT2D eigenvalue weighted by Crippen LogP contribution is 2.00. The number of carbonyl (C=O) groups is 1. The predicted molar refractivity (Wildman–Crippen MR) is 72.0 cm³/mol. The highest BCUT2D eigenvalue weighted by Gasteiger charge is 2.03. The van der Waals surface area contributed by atoms with E-state index in [4.69, 9.17) is 4.74 Å². The van der Waals surface area contributed by atoms with Gasteiger partial charge < -0.3 is 4.74 Å². The number of hydrogen-bond donors (Lipinski definition) is 0. The predicted octanol–water partition coefficient (Wildman–Crippen LogP) is 3.01. The molecule has 17 heavy (non-hydrogen) atoms. The Balaban J connectivity index is 3.48. The van der Waals surface area contributed by atoms with Crippen LogP contribution < -0.4 is 0 Å². The maximum atomic E-state index is 11.3. The number of carbonyl (C=O) groups excluding carboxylic acids is 1. The smallest absolute Gasteiger partial charge is 0.305 e. The van der Waals surface area contributed by atoms with Crippen LogP contribution in [0.25, 0.3) is 0 Å². The van der Waals surface area contributed by atoms with Crippen LogP contribution in [-0.4, -0.2) is 37.6 Å². The topological polar surface area (TPSA) is 29.5 Å². The largest absolute Gasteiger partial charge is 0.464 e. The fraction of sp³-hybridized carbons (Fsp3) is 0.786. The average molecular weight is 241 g/mol. The maximum Gasteiger partial charge on any atom is 0.305 e. The molecule has 0 atom stereocenters. The third-order valence-corrected chi connectivity index (χ3v) is 2.53. The van der Waals surface area contributed by atoms with E-state index in [2.05, 4.69) is 31.7 Å². The SMILES string of the molecule is CCCCCC(=O)OCCN(C)CC=C(C)C. The van der Waals surface area contributed by atoms with E-state index in [0.717, 1.165) is 32.4 Å². The quantitative estimate of drug-likeness (QED) is 0.353. The Kier molecular flexibility index (Phi) is 9.83. The molecule has 0 heterocycles. The monoisotopic (exact) mass is 241 g/mol. The van der Waals surface area contributed by atoms with Crippen LogP contribution in [0.1, 0.15) is 46.5 Å². The van der Waals surface area contributed by atoms with Gasteiger partial charge in [-0.1, -0.05) is 31.4 Å². The number of esters is 1. The van der Waals surface area contributed by atoms with Crippen LogP contribution >= 0.6 is 0 Å². The van der Waals surface area contributed by atoms with E-state index >= 15 is 0 Å². The van der Waals surface area contributed by atoms with Gasteiger partial charge in [0, 0.05) is 19.5 Å². The summed E-state index contributed by atoms with van der Waals surface area (Å²) in [5, 5.41) is 0. The molecule has 0 aliphatic rings. The molecule has 0 aromatic heterocycles. The zero-order chi connectivity index (χ0) is 13.1. The summed E-state index contributed by atoms with van der Waals surface area (Å²) in [5.41, 5.74) is 1.31. The lowest BCUT2D eigenvalue weighted by atomic mass is 10.2. The van der Waals surface area contributed by atoms with Crippen LogP contribution in [0.3, 0.4) is 0 Å². The van der Waals surface area contributed by atoms with Gasteiger partial charge in [0.2, 0.25) is 0 Å². The first-order chi connectivity index (χ1) is 8.06. The van der Waals surface area contributed by atoms with Crippen LogP contribution in [0.2, 0.25) is 0 Å². The van der Waals surface area contributed by atoms with Crippen molar-refractivity contribution in [3.63, 3.8) is 0 Å². The summed E-state index contributed by atoms with van der Waals surface area (Å²) < 4.78 is 5.16. The van der Waals surface area contributed by atoms with Crippen molar-refractivity contribution in [2.75, 3.05) is 26.7 Å². The van der Waals surface area contributed by atoms with Crippen molar-refractivity contribution in [3.8, 4) is 0 Å². The molecule has 0 fully saturated rings. The summed E-state index contributed by atoms with van der Waals surface area (Å²) in [6.45, 7) is 8.50. The Morgan fingerprint density at radius 3 is 2.59 bits per heavy atom. The molecule has 0 radical (unpaired) electrons. The third-order valence-electron chi connectivity index (χ3n) is 2.53. The normalized spacial score (nSPS) is 10.4. The van der Waals surface area contributed by atoms with Gasteiger partial charge in [-0.15, -0.1) is 0 Å². The molecule has 0 bridgehead atoms. The first-order valence-electron chi connectivity index (χ1n) is 6.53. The number of hydrogen-bond acceptors (Lipinski definition) is 3. The Morgan fingerprint density at radius 2 is 2.00 bits per heavy atom. The average Bonchev–Trinajstić information content (AvgIpc) is 2.27. The van der Waals surface area contributed by atoms with Gasteiger partial charge in [0.15, 0.2) is 0 Å². The standard InChI is InChI=1S/C14H27NO2/c1-5-6-7-8-14(16)17-12-11-15(4)10-9-13(2)3/h9H,5-8,10-12H2,1-4H3. The molecule has 0 N–H and O–H groups in total. The van der Waals surface area contributed by atoms with Gasteiger partial charge >= 0.3 is 5.97 Å². The van der Waals surface area contributed by atoms with Crippen molar-refractivity contribution in [2.45, 2.75) is 46.5 Å². The highest BCUT2D eigenvalue weighted by atomic mass is 16.5. The first-order valence-corrected chi connectivity index (χ1v) is 6.53. The Labute approximate surface area is 106 Å². The minimum atomic E-state index is -0.0611. The van der Waals surface area contributed by atoms with Gasteiger partial charge in [0.05, 0.1) is 0 Å². The van der Waals surface area contributed by atoms with Crippen LogP contribution in [-0.2, 0) is 9.53 Å². The van der Waals surface area contributed by atoms with E-state index in [1.54, 1.807) is 0 Å². The van der Waals surface area contributed by atoms with Gasteiger partial charge in [-0.2, -0.15) is 0 Å². The van der Waals surface area contributed by atoms with Gasteiger partial charge in [-0.05, 0) is 27.3 Å². The fourth-order valence-corrected chi connectivity index (χ4v) is 1.34. The number of allylic oxidation sites excluding steroid dienone is 1. The van der Waals surface area contributed by atoms with Crippen molar-refractivity contribution in [2.24, 2.45) is 0 Å². The number of ether oxygens (including phenoxy) is 1. The summed E-state index contributed by atoms with van der Waals surface area (Å²) in [7, 11) is 2.03. The molecule has 0 saturated carbocycles. The Hall–Kier alpha value is -0.830. The van der Waals surface area contributed by atoms with E-state index < -0.39 is 0 Å². The van der Waals surface area contributed by atoms with E-state index in [0.29, 0.717) is 13.0 Å². The van der Waals surface area contributed by atoms with Gasteiger partial charge in [0.1, 0.15) is 6.61 Å². The van der Waals surface area contributed by atoms with Crippen molar-refractivity contribution in [1.82, 2.24) is 4.90 Å². The molecule has 0 saturated heterocycles. The molecule has 0 rings (SSSR count). The first kappa shape index (κ1) is 16.2. The molecule has 0 aliphatic carbocycles. The third kappa shape index (κ3) is 11.4. The lowest BCUT2D eigenvalue weighted by molar-refractivity contribution is -0.144. The molecule has 0 spiro atoms. The zero-order valence-corrected chi connectivity index (χ0v) is 11.8. The van der Waals surface area contributed by atoms with E-state index in [-0.39, 0.29) is 5.97 Å². The van der Waals surface area contributed by atoms with E-state index in [9.17, 15) is 4.79 Å². The van der Waals surface area contributed by atoms with Crippen LogP contribution in [0.4, 0.5) is 0 Å². The van der Waals surface area contributed by atoms with E-state index in [1.807, 2.05) is 7.05 Å². The lowest BCUT2D eigenvalue weighted by Gasteiger charge is -2.14. The Bertz CT molecular complexity index is 232. The molecular formula is C14H27NO2. The number of likely N-dealkylation sites (N-methyl/N-ethyl adjacent to an activating group) is 1. The molecular weight excluding hydrogens is 214 g/mol. The summed E-state index contributed by atoms with van der Waals surface area (Å²) in [4.78, 5) is 13.5. The van der Waals surface area contributed by atoms with Gasteiger partial charge in [-0.25, -0.2) is 0 Å². The molecule has 0 aliphatic heterocycles. The maximum absolute atomic E-state index is 11.3. The van der Waals surface area contributed by atoms with E-state index in [1.165, 1.54) is 5.57 Å². The lowest BCUT2D eigenvalue weighted by Crippen LogP contribution is -2.24. The van der Waals surface area contributed by atoms with Gasteiger partial charge in [0.25, 0.3) is 0 Å². The summed E-state index contributed by atoms with van der Waals surface area (Å²) >= 11 is 0. The summed E-state index contributed by atoms with van der Waals surface area (Å²) in [5.74, 6) is -0.0611. The number of rotatable bonds is 9. The zero-order valence-electron chi connectivity index (χ0n) is 11.8. The number of unbranched alkanes of at least 4 members (excludes halogenated alkanes) is 2.